The molecular weight excluding hydrogens is 415 g/mol. The molecule has 0 heterocycles. The summed E-state index contributed by atoms with van der Waals surface area (Å²) < 4.78 is 45.3. The van der Waals surface area contributed by atoms with E-state index in [9.17, 15) is 17.6 Å². The monoisotopic (exact) mass is 430 g/mol. The average Bonchev–Trinajstić information content (AvgIpc) is 2.56. The first-order chi connectivity index (χ1) is 11.7. The third kappa shape index (κ3) is 4.77. The number of ether oxygens (including phenoxy) is 1. The zero-order valence-corrected chi connectivity index (χ0v) is 15.9. The summed E-state index contributed by atoms with van der Waals surface area (Å²) in [5.74, 6) is -1.24. The van der Waals surface area contributed by atoms with Crippen LogP contribution in [0.25, 0.3) is 0 Å². The standard InChI is InChI=1S/C16H16BrFN2O4S/c1-20(10-16(21)19-13-6-3-11(17)4-7-13)25(22,23)15-9-12(18)5-8-14(15)24-2/h3-9H,10H2,1-2H3,(H,19,21). The number of benzene rings is 2. The Labute approximate surface area is 153 Å². The van der Waals surface area contributed by atoms with E-state index in [0.717, 1.165) is 20.9 Å². The molecule has 9 heteroatoms. The van der Waals surface area contributed by atoms with Crippen molar-refractivity contribution in [3.63, 3.8) is 0 Å². The summed E-state index contributed by atoms with van der Waals surface area (Å²) >= 11 is 3.28. The zero-order chi connectivity index (χ0) is 18.6. The van der Waals surface area contributed by atoms with Gasteiger partial charge in [-0.05, 0) is 42.5 Å². The van der Waals surface area contributed by atoms with Crippen molar-refractivity contribution in [3.8, 4) is 5.75 Å². The molecule has 0 atom stereocenters. The highest BCUT2D eigenvalue weighted by molar-refractivity contribution is 9.10. The Morgan fingerprint density at radius 3 is 2.48 bits per heavy atom. The fraction of sp³-hybridized carbons (Fsp3) is 0.188. The van der Waals surface area contributed by atoms with Gasteiger partial charge in [0.15, 0.2) is 0 Å². The van der Waals surface area contributed by atoms with Gasteiger partial charge in [0.1, 0.15) is 16.5 Å². The fourth-order valence-corrected chi connectivity index (χ4v) is 3.60. The molecule has 134 valence electrons. The van der Waals surface area contributed by atoms with Crippen molar-refractivity contribution in [2.45, 2.75) is 4.90 Å². The smallest absolute Gasteiger partial charge is 0.247 e. The van der Waals surface area contributed by atoms with E-state index in [2.05, 4.69) is 21.2 Å². The Morgan fingerprint density at radius 2 is 1.88 bits per heavy atom. The van der Waals surface area contributed by atoms with Gasteiger partial charge in [0.25, 0.3) is 0 Å². The first kappa shape index (κ1) is 19.4. The number of likely N-dealkylation sites (N-methyl/N-ethyl adjacent to an activating group) is 1. The van der Waals surface area contributed by atoms with Crippen LogP contribution in [0.15, 0.2) is 51.8 Å². The molecule has 0 fully saturated rings. The van der Waals surface area contributed by atoms with Gasteiger partial charge in [-0.1, -0.05) is 15.9 Å². The number of sulfonamides is 1. The lowest BCUT2D eigenvalue weighted by Crippen LogP contribution is -2.35. The van der Waals surface area contributed by atoms with Crippen molar-refractivity contribution in [2.24, 2.45) is 0 Å². The summed E-state index contributed by atoms with van der Waals surface area (Å²) in [6, 6.07) is 10.0. The van der Waals surface area contributed by atoms with Crippen LogP contribution < -0.4 is 10.1 Å². The fourth-order valence-electron chi connectivity index (χ4n) is 2.04. The third-order valence-corrected chi connectivity index (χ3v) is 5.66. The van der Waals surface area contributed by atoms with E-state index in [1.165, 1.54) is 20.2 Å². The molecule has 2 aromatic carbocycles. The van der Waals surface area contributed by atoms with Gasteiger partial charge in [0.05, 0.1) is 13.7 Å². The first-order valence-corrected chi connectivity index (χ1v) is 9.32. The summed E-state index contributed by atoms with van der Waals surface area (Å²) in [4.78, 5) is 11.7. The number of carbonyl (C=O) groups is 1. The van der Waals surface area contributed by atoms with E-state index in [1.807, 2.05) is 0 Å². The Morgan fingerprint density at radius 1 is 1.24 bits per heavy atom. The van der Waals surface area contributed by atoms with Gasteiger partial charge in [0, 0.05) is 17.2 Å². The Hall–Kier alpha value is -1.97. The molecule has 1 amide bonds. The van der Waals surface area contributed by atoms with Crippen molar-refractivity contribution < 1.29 is 22.3 Å². The van der Waals surface area contributed by atoms with E-state index in [1.54, 1.807) is 24.3 Å². The van der Waals surface area contributed by atoms with Crippen molar-refractivity contribution in [2.75, 3.05) is 26.0 Å². The molecule has 0 aliphatic heterocycles. The molecule has 0 saturated heterocycles. The third-order valence-electron chi connectivity index (χ3n) is 3.31. The quantitative estimate of drug-likeness (QED) is 0.764. The van der Waals surface area contributed by atoms with Crippen LogP contribution in [0.1, 0.15) is 0 Å². The first-order valence-electron chi connectivity index (χ1n) is 7.09. The molecule has 6 nitrogen and oxygen atoms in total. The molecule has 25 heavy (non-hydrogen) atoms. The van der Waals surface area contributed by atoms with Gasteiger partial charge in [-0.25, -0.2) is 12.8 Å². The molecule has 1 N–H and O–H groups in total. The van der Waals surface area contributed by atoms with Crippen molar-refractivity contribution in [1.29, 1.82) is 0 Å². The van der Waals surface area contributed by atoms with Gasteiger partial charge in [-0.2, -0.15) is 4.31 Å². The number of carbonyl (C=O) groups excluding carboxylic acids is 1. The van der Waals surface area contributed by atoms with Gasteiger partial charge in [-0.3, -0.25) is 4.79 Å². The lowest BCUT2D eigenvalue weighted by atomic mass is 10.3. The van der Waals surface area contributed by atoms with E-state index < -0.39 is 28.3 Å². The molecule has 0 radical (unpaired) electrons. The molecule has 0 aliphatic carbocycles. The second-order valence-corrected chi connectivity index (χ2v) is 8.04. The molecule has 0 spiro atoms. The lowest BCUT2D eigenvalue weighted by Gasteiger charge is -2.18. The Bertz CT molecular complexity index is 872. The van der Waals surface area contributed by atoms with Crippen LogP contribution in [0.2, 0.25) is 0 Å². The highest BCUT2D eigenvalue weighted by Crippen LogP contribution is 2.26. The minimum absolute atomic E-state index is 0.00145. The van der Waals surface area contributed by atoms with E-state index in [4.69, 9.17) is 4.74 Å². The van der Waals surface area contributed by atoms with E-state index >= 15 is 0 Å². The Kier molecular flexibility index (Phi) is 6.15. The number of rotatable bonds is 6. The van der Waals surface area contributed by atoms with Crippen LogP contribution in [-0.2, 0) is 14.8 Å². The SMILES string of the molecule is COc1ccc(F)cc1S(=O)(=O)N(C)CC(=O)Nc1ccc(Br)cc1. The maximum Gasteiger partial charge on any atom is 0.247 e. The van der Waals surface area contributed by atoms with Gasteiger partial charge in [0.2, 0.25) is 15.9 Å². The maximum atomic E-state index is 13.4. The molecule has 2 aromatic rings. The van der Waals surface area contributed by atoms with Crippen LogP contribution in [0, 0.1) is 5.82 Å². The number of halogens is 2. The molecule has 0 unspecified atom stereocenters. The predicted molar refractivity (Wildman–Crippen MR) is 95.5 cm³/mol. The molecular formula is C16H16BrFN2O4S. The summed E-state index contributed by atoms with van der Waals surface area (Å²) in [5, 5.41) is 2.59. The Balaban J connectivity index is 2.16. The van der Waals surface area contributed by atoms with Crippen LogP contribution in [0.4, 0.5) is 10.1 Å². The highest BCUT2D eigenvalue weighted by atomic mass is 79.9. The highest BCUT2D eigenvalue weighted by Gasteiger charge is 2.27. The van der Waals surface area contributed by atoms with E-state index in [-0.39, 0.29) is 10.6 Å². The maximum absolute atomic E-state index is 13.4. The van der Waals surface area contributed by atoms with E-state index in [0.29, 0.717) is 5.69 Å². The molecule has 0 aliphatic rings. The van der Waals surface area contributed by atoms with Crippen molar-refractivity contribution >= 4 is 37.5 Å². The van der Waals surface area contributed by atoms with Crippen LogP contribution >= 0.6 is 15.9 Å². The minimum atomic E-state index is -4.10. The van der Waals surface area contributed by atoms with Crippen LogP contribution in [0.5, 0.6) is 5.75 Å². The molecule has 0 bridgehead atoms. The second kappa shape index (κ2) is 7.94. The van der Waals surface area contributed by atoms with Gasteiger partial charge < -0.3 is 10.1 Å². The van der Waals surface area contributed by atoms with Crippen LogP contribution in [-0.4, -0.2) is 39.3 Å². The summed E-state index contributed by atoms with van der Waals surface area (Å²) in [6.07, 6.45) is 0. The zero-order valence-electron chi connectivity index (χ0n) is 13.5. The second-order valence-electron chi connectivity index (χ2n) is 5.11. The van der Waals surface area contributed by atoms with Crippen LogP contribution in [0.3, 0.4) is 0 Å². The van der Waals surface area contributed by atoms with Gasteiger partial charge in [-0.15, -0.1) is 0 Å². The number of hydrogen-bond acceptors (Lipinski definition) is 4. The molecule has 0 aromatic heterocycles. The average molecular weight is 431 g/mol. The number of amides is 1. The number of hydrogen-bond donors (Lipinski definition) is 1. The van der Waals surface area contributed by atoms with Gasteiger partial charge >= 0.3 is 0 Å². The summed E-state index contributed by atoms with van der Waals surface area (Å²) in [5.41, 5.74) is 0.530. The number of methoxy groups -OCH3 is 1. The summed E-state index contributed by atoms with van der Waals surface area (Å²) in [6.45, 7) is -0.432. The van der Waals surface area contributed by atoms with Crippen molar-refractivity contribution in [3.05, 3.63) is 52.8 Å². The predicted octanol–water partition coefficient (Wildman–Crippen LogP) is 2.86. The normalized spacial score (nSPS) is 11.4. The summed E-state index contributed by atoms with van der Waals surface area (Å²) in [7, 11) is -1.58. The lowest BCUT2D eigenvalue weighted by molar-refractivity contribution is -0.116. The molecule has 2 rings (SSSR count). The number of nitrogens with one attached hydrogen (secondary N) is 1. The molecule has 0 saturated carbocycles. The van der Waals surface area contributed by atoms with Crippen molar-refractivity contribution in [1.82, 2.24) is 4.31 Å². The number of anilines is 1. The minimum Gasteiger partial charge on any atom is -0.495 e. The topological polar surface area (TPSA) is 75.7 Å². The largest absolute Gasteiger partial charge is 0.495 e. The number of nitrogens with zero attached hydrogens (tertiary/aromatic N) is 1.